The van der Waals surface area contributed by atoms with Crippen molar-refractivity contribution in [2.45, 2.75) is 0 Å². The lowest BCUT2D eigenvalue weighted by molar-refractivity contribution is -0.116. The highest BCUT2D eigenvalue weighted by molar-refractivity contribution is 9.10. The summed E-state index contributed by atoms with van der Waals surface area (Å²) < 4.78 is 0.935. The molecule has 3 rings (SSSR count). The van der Waals surface area contributed by atoms with E-state index in [4.69, 9.17) is 0 Å². The Balaban J connectivity index is 1.89. The predicted octanol–water partition coefficient (Wildman–Crippen LogP) is 2.55. The number of nitrogens with one attached hydrogen (secondary N) is 1. The minimum atomic E-state index is -0.0411. The second kappa shape index (κ2) is 5.72. The molecule has 0 aliphatic carbocycles. The van der Waals surface area contributed by atoms with E-state index in [-0.39, 0.29) is 5.91 Å². The fraction of sp³-hybridized carbons (Fsp3) is 0.0769. The van der Waals surface area contributed by atoms with Gasteiger partial charge in [0.1, 0.15) is 0 Å². The maximum absolute atomic E-state index is 11.0. The van der Waals surface area contributed by atoms with Gasteiger partial charge in [0.15, 0.2) is 5.17 Å². The summed E-state index contributed by atoms with van der Waals surface area (Å²) in [6.07, 6.45) is 3.39. The quantitative estimate of drug-likeness (QED) is 0.669. The van der Waals surface area contributed by atoms with Crippen LogP contribution in [0.3, 0.4) is 0 Å². The molecule has 1 N–H and O–H groups in total. The number of hydrogen-bond acceptors (Lipinski definition) is 5. The molecule has 1 fully saturated rings. The van der Waals surface area contributed by atoms with Gasteiger partial charge in [0.25, 0.3) is 0 Å². The van der Waals surface area contributed by atoms with Gasteiger partial charge in [-0.2, -0.15) is 5.10 Å². The first-order chi connectivity index (χ1) is 9.72. The summed E-state index contributed by atoms with van der Waals surface area (Å²) in [7, 11) is 0. The first kappa shape index (κ1) is 13.3. The Morgan fingerprint density at radius 1 is 1.45 bits per heavy atom. The monoisotopic (exact) mass is 348 g/mol. The van der Waals surface area contributed by atoms with Gasteiger partial charge in [-0.25, -0.2) is 0 Å². The van der Waals surface area contributed by atoms with Gasteiger partial charge >= 0.3 is 0 Å². The number of hydrogen-bond donors (Lipinski definition) is 1. The van der Waals surface area contributed by atoms with Gasteiger partial charge in [0.05, 0.1) is 17.5 Å². The van der Waals surface area contributed by atoms with Gasteiger partial charge in [-0.3, -0.25) is 9.78 Å². The second-order valence-corrected chi connectivity index (χ2v) is 5.94. The zero-order valence-corrected chi connectivity index (χ0v) is 12.6. The predicted molar refractivity (Wildman–Crippen MR) is 85.1 cm³/mol. The van der Waals surface area contributed by atoms with E-state index in [0.717, 1.165) is 20.9 Å². The number of aromatic nitrogens is 1. The number of carbonyl (C=O) groups excluding carboxylic acids is 1. The maximum atomic E-state index is 11.0. The van der Waals surface area contributed by atoms with Crippen LogP contribution in [0.4, 0.5) is 0 Å². The van der Waals surface area contributed by atoms with Gasteiger partial charge in [-0.05, 0) is 22.0 Å². The lowest BCUT2D eigenvalue weighted by atomic mass is 10.1. The van der Waals surface area contributed by atoms with E-state index < -0.39 is 0 Å². The van der Waals surface area contributed by atoms with E-state index in [1.807, 2.05) is 24.3 Å². The number of pyridine rings is 1. The van der Waals surface area contributed by atoms with Crippen molar-refractivity contribution in [3.05, 3.63) is 40.5 Å². The lowest BCUT2D eigenvalue weighted by Crippen LogP contribution is -2.19. The number of carbonyl (C=O) groups is 1. The van der Waals surface area contributed by atoms with E-state index in [1.54, 1.807) is 12.4 Å². The third-order valence-electron chi connectivity index (χ3n) is 2.64. The standard InChI is InChI=1S/C13H9BrN4OS/c14-10-4-8-2-1-3-9(12(8)15-6-10)5-16-18-13-17-11(19)7-20-13/h1-6H,7H2,(H,17,18,19). The minimum absolute atomic E-state index is 0.0411. The molecule has 1 aromatic heterocycles. The van der Waals surface area contributed by atoms with Crippen LogP contribution >= 0.6 is 27.7 Å². The Bertz CT molecular complexity index is 744. The molecule has 7 heteroatoms. The van der Waals surface area contributed by atoms with Crippen molar-refractivity contribution in [1.29, 1.82) is 0 Å². The lowest BCUT2D eigenvalue weighted by Gasteiger charge is -2.00. The van der Waals surface area contributed by atoms with Crippen molar-refractivity contribution < 1.29 is 4.79 Å². The molecular weight excluding hydrogens is 340 g/mol. The molecule has 0 spiro atoms. The van der Waals surface area contributed by atoms with Crippen LogP contribution in [-0.2, 0) is 4.79 Å². The molecule has 0 saturated carbocycles. The van der Waals surface area contributed by atoms with Crippen LogP contribution in [-0.4, -0.2) is 28.0 Å². The van der Waals surface area contributed by atoms with Crippen molar-refractivity contribution in [3.63, 3.8) is 0 Å². The van der Waals surface area contributed by atoms with E-state index in [1.165, 1.54) is 11.8 Å². The maximum Gasteiger partial charge on any atom is 0.236 e. The summed E-state index contributed by atoms with van der Waals surface area (Å²) in [5.41, 5.74) is 1.75. The Morgan fingerprint density at radius 2 is 2.35 bits per heavy atom. The summed E-state index contributed by atoms with van der Waals surface area (Å²) in [6.45, 7) is 0. The normalized spacial score (nSPS) is 17.2. The van der Waals surface area contributed by atoms with Crippen molar-refractivity contribution in [2.24, 2.45) is 10.2 Å². The topological polar surface area (TPSA) is 66.7 Å². The highest BCUT2D eigenvalue weighted by Gasteiger charge is 2.15. The number of fused-ring (bicyclic) bond motifs is 1. The first-order valence-corrected chi connectivity index (χ1v) is 7.58. The van der Waals surface area contributed by atoms with E-state index in [2.05, 4.69) is 36.4 Å². The molecule has 1 aromatic carbocycles. The zero-order valence-electron chi connectivity index (χ0n) is 10.2. The Hall–Kier alpha value is -1.73. The number of amidine groups is 1. The number of nitrogens with zero attached hydrogens (tertiary/aromatic N) is 3. The molecule has 0 atom stereocenters. The zero-order chi connectivity index (χ0) is 13.9. The van der Waals surface area contributed by atoms with Gasteiger partial charge < -0.3 is 5.32 Å². The van der Waals surface area contributed by atoms with E-state index in [9.17, 15) is 4.79 Å². The fourth-order valence-electron chi connectivity index (χ4n) is 1.78. The highest BCUT2D eigenvalue weighted by Crippen LogP contribution is 2.19. The van der Waals surface area contributed by atoms with Crippen molar-refractivity contribution >= 4 is 55.9 Å². The molecule has 1 amide bonds. The molecule has 2 aromatic rings. The largest absolute Gasteiger partial charge is 0.303 e. The number of rotatable bonds is 2. The highest BCUT2D eigenvalue weighted by atomic mass is 79.9. The van der Waals surface area contributed by atoms with Gasteiger partial charge in [-0.1, -0.05) is 30.0 Å². The Labute approximate surface area is 127 Å². The summed E-state index contributed by atoms with van der Waals surface area (Å²) in [4.78, 5) is 15.4. The molecular formula is C13H9BrN4OS. The molecule has 20 heavy (non-hydrogen) atoms. The average molecular weight is 349 g/mol. The van der Waals surface area contributed by atoms with Crippen LogP contribution in [0.5, 0.6) is 0 Å². The number of benzene rings is 1. The molecule has 0 unspecified atom stereocenters. The third-order valence-corrected chi connectivity index (χ3v) is 3.94. The number of halogens is 1. The van der Waals surface area contributed by atoms with Crippen LogP contribution < -0.4 is 5.32 Å². The van der Waals surface area contributed by atoms with Crippen molar-refractivity contribution in [1.82, 2.24) is 10.3 Å². The number of thioether (sulfide) groups is 1. The van der Waals surface area contributed by atoms with Gasteiger partial charge in [0, 0.05) is 21.6 Å². The molecule has 1 saturated heterocycles. The summed E-state index contributed by atoms with van der Waals surface area (Å²) in [5.74, 6) is 0.360. The Morgan fingerprint density at radius 3 is 3.15 bits per heavy atom. The fourth-order valence-corrected chi connectivity index (χ4v) is 2.76. The van der Waals surface area contributed by atoms with Crippen LogP contribution in [0.2, 0.25) is 0 Å². The summed E-state index contributed by atoms with van der Waals surface area (Å²) in [6, 6.07) is 7.85. The molecule has 100 valence electrons. The number of amides is 1. The summed E-state index contributed by atoms with van der Waals surface area (Å²) in [5, 5.41) is 12.2. The van der Waals surface area contributed by atoms with Crippen LogP contribution in [0, 0.1) is 0 Å². The summed E-state index contributed by atoms with van der Waals surface area (Å²) >= 11 is 4.74. The average Bonchev–Trinajstić information content (AvgIpc) is 2.84. The van der Waals surface area contributed by atoms with Gasteiger partial charge in [0.2, 0.25) is 5.91 Å². The number of para-hydroxylation sites is 1. The molecule has 0 radical (unpaired) electrons. The molecule has 0 bridgehead atoms. The van der Waals surface area contributed by atoms with Gasteiger partial charge in [-0.15, -0.1) is 5.10 Å². The molecule has 5 nitrogen and oxygen atoms in total. The van der Waals surface area contributed by atoms with Crippen LogP contribution in [0.25, 0.3) is 10.9 Å². The van der Waals surface area contributed by atoms with E-state index in [0.29, 0.717) is 10.9 Å². The smallest absolute Gasteiger partial charge is 0.236 e. The van der Waals surface area contributed by atoms with Crippen LogP contribution in [0.1, 0.15) is 5.56 Å². The Kier molecular flexibility index (Phi) is 3.79. The first-order valence-electron chi connectivity index (χ1n) is 5.80. The molecule has 2 heterocycles. The van der Waals surface area contributed by atoms with Crippen molar-refractivity contribution in [3.8, 4) is 0 Å². The minimum Gasteiger partial charge on any atom is -0.303 e. The second-order valence-electron chi connectivity index (χ2n) is 4.06. The molecule has 1 aliphatic rings. The SMILES string of the molecule is O=C1CSC(=NN=Cc2cccc3cc(Br)cnc23)N1. The third kappa shape index (κ3) is 2.88. The van der Waals surface area contributed by atoms with E-state index >= 15 is 0 Å². The van der Waals surface area contributed by atoms with Crippen LogP contribution in [0.15, 0.2) is 45.1 Å². The van der Waals surface area contributed by atoms with Crippen molar-refractivity contribution in [2.75, 3.05) is 5.75 Å². The molecule has 1 aliphatic heterocycles.